The van der Waals surface area contributed by atoms with Crippen molar-refractivity contribution in [3.05, 3.63) is 59.6 Å². The Kier molecular flexibility index (Phi) is 6.61. The molecule has 7 nitrogen and oxygen atoms in total. The summed E-state index contributed by atoms with van der Waals surface area (Å²) in [6.07, 6.45) is -0.0884. The van der Waals surface area contributed by atoms with E-state index >= 15 is 0 Å². The number of anilines is 1. The van der Waals surface area contributed by atoms with Crippen molar-refractivity contribution in [2.45, 2.75) is 23.5 Å². The molecule has 0 spiro atoms. The zero-order valence-electron chi connectivity index (χ0n) is 15.4. The van der Waals surface area contributed by atoms with Gasteiger partial charge in [0.15, 0.2) is 5.17 Å². The van der Waals surface area contributed by atoms with Crippen LogP contribution in [0.2, 0.25) is 5.02 Å². The summed E-state index contributed by atoms with van der Waals surface area (Å²) < 4.78 is 29.0. The van der Waals surface area contributed by atoms with Gasteiger partial charge in [-0.2, -0.15) is 8.42 Å². The molecule has 1 heterocycles. The molecule has 2 aromatic carbocycles. The van der Waals surface area contributed by atoms with E-state index in [4.69, 9.17) is 11.6 Å². The minimum absolute atomic E-state index is 0.0243. The molecular formula is C19H18ClN3O4S2. The van der Waals surface area contributed by atoms with Gasteiger partial charge in [0.1, 0.15) is 5.25 Å². The van der Waals surface area contributed by atoms with Crippen LogP contribution in [-0.2, 0) is 19.6 Å². The van der Waals surface area contributed by atoms with Crippen LogP contribution in [0.1, 0.15) is 13.3 Å². The SMILES string of the molecule is CCN1C(=O)C(CC(=O)Nc2ccccc2)SC1=NS(=O)(=O)c1ccc(Cl)cc1. The number of amides is 2. The van der Waals surface area contributed by atoms with E-state index < -0.39 is 15.3 Å². The number of nitrogens with zero attached hydrogens (tertiary/aromatic N) is 2. The van der Waals surface area contributed by atoms with Crippen molar-refractivity contribution in [3.63, 3.8) is 0 Å². The molecule has 2 aromatic rings. The second-order valence-electron chi connectivity index (χ2n) is 6.11. The van der Waals surface area contributed by atoms with Gasteiger partial charge in [0, 0.05) is 23.7 Å². The van der Waals surface area contributed by atoms with Crippen molar-refractivity contribution in [3.8, 4) is 0 Å². The fraction of sp³-hybridized carbons (Fsp3) is 0.211. The maximum atomic E-state index is 12.6. The van der Waals surface area contributed by atoms with E-state index in [0.29, 0.717) is 10.7 Å². The molecule has 1 saturated heterocycles. The van der Waals surface area contributed by atoms with Gasteiger partial charge in [-0.3, -0.25) is 14.5 Å². The summed E-state index contributed by atoms with van der Waals surface area (Å²) in [5.41, 5.74) is 0.625. The first-order valence-corrected chi connectivity index (χ1v) is 11.4. The van der Waals surface area contributed by atoms with E-state index in [0.717, 1.165) is 11.8 Å². The highest BCUT2D eigenvalue weighted by Crippen LogP contribution is 2.31. The van der Waals surface area contributed by atoms with E-state index in [1.165, 1.54) is 29.2 Å². The van der Waals surface area contributed by atoms with Crippen molar-refractivity contribution in [2.75, 3.05) is 11.9 Å². The molecule has 1 unspecified atom stereocenters. The molecule has 1 N–H and O–H groups in total. The minimum atomic E-state index is -4.01. The van der Waals surface area contributed by atoms with E-state index in [-0.39, 0.29) is 34.8 Å². The van der Waals surface area contributed by atoms with E-state index in [1.54, 1.807) is 31.2 Å². The standard InChI is InChI=1S/C19H18ClN3O4S2/c1-2-23-18(25)16(12-17(24)21-14-6-4-3-5-7-14)28-19(23)22-29(26,27)15-10-8-13(20)9-11-15/h3-11,16H,2,12H2,1H3,(H,21,24). The summed E-state index contributed by atoms with van der Waals surface area (Å²) in [5.74, 6) is -0.675. The van der Waals surface area contributed by atoms with Crippen LogP contribution in [0.4, 0.5) is 5.69 Å². The lowest BCUT2D eigenvalue weighted by Gasteiger charge is -2.13. The molecule has 0 aliphatic carbocycles. The lowest BCUT2D eigenvalue weighted by molar-refractivity contribution is -0.128. The quantitative estimate of drug-likeness (QED) is 0.726. The number of carbonyl (C=O) groups is 2. The molecular weight excluding hydrogens is 434 g/mol. The Labute approximate surface area is 178 Å². The smallest absolute Gasteiger partial charge is 0.284 e. The van der Waals surface area contributed by atoms with Crippen LogP contribution in [0.15, 0.2) is 63.9 Å². The summed E-state index contributed by atoms with van der Waals surface area (Å²) >= 11 is 6.77. The molecule has 10 heteroatoms. The maximum Gasteiger partial charge on any atom is 0.284 e. The van der Waals surface area contributed by atoms with Crippen LogP contribution in [-0.4, -0.2) is 42.1 Å². The molecule has 3 rings (SSSR count). The third-order valence-corrected chi connectivity index (χ3v) is 6.90. The predicted molar refractivity (Wildman–Crippen MR) is 115 cm³/mol. The molecule has 0 bridgehead atoms. The first-order valence-electron chi connectivity index (χ1n) is 8.73. The molecule has 0 radical (unpaired) electrons. The van der Waals surface area contributed by atoms with Gasteiger partial charge in [0.05, 0.1) is 4.90 Å². The third-order valence-electron chi connectivity index (χ3n) is 4.07. The second kappa shape index (κ2) is 8.98. The number of nitrogens with one attached hydrogen (secondary N) is 1. The zero-order chi connectivity index (χ0) is 21.0. The molecule has 0 aromatic heterocycles. The Balaban J connectivity index is 1.77. The van der Waals surface area contributed by atoms with Gasteiger partial charge in [0.25, 0.3) is 10.0 Å². The Morgan fingerprint density at radius 2 is 1.83 bits per heavy atom. The van der Waals surface area contributed by atoms with Gasteiger partial charge in [0.2, 0.25) is 11.8 Å². The lowest BCUT2D eigenvalue weighted by atomic mass is 10.2. The number of hydrogen-bond acceptors (Lipinski definition) is 5. The van der Waals surface area contributed by atoms with Crippen LogP contribution < -0.4 is 5.32 Å². The number of para-hydroxylation sites is 1. The van der Waals surface area contributed by atoms with Crippen molar-refractivity contribution in [1.29, 1.82) is 0 Å². The maximum absolute atomic E-state index is 12.6. The van der Waals surface area contributed by atoms with E-state index in [2.05, 4.69) is 9.71 Å². The third kappa shape index (κ3) is 5.17. The molecule has 1 fully saturated rings. The summed E-state index contributed by atoms with van der Waals surface area (Å²) in [6.45, 7) is 1.97. The van der Waals surface area contributed by atoms with E-state index in [9.17, 15) is 18.0 Å². The first kappa shape index (κ1) is 21.4. The number of benzene rings is 2. The summed E-state index contributed by atoms with van der Waals surface area (Å²) in [6, 6.07) is 14.5. The van der Waals surface area contributed by atoms with Crippen LogP contribution in [0.25, 0.3) is 0 Å². The fourth-order valence-corrected chi connectivity index (χ4v) is 5.21. The van der Waals surface area contributed by atoms with E-state index in [1.807, 2.05) is 6.07 Å². The number of thioether (sulfide) groups is 1. The van der Waals surface area contributed by atoms with Crippen molar-refractivity contribution in [2.24, 2.45) is 4.40 Å². The minimum Gasteiger partial charge on any atom is -0.326 e. The summed E-state index contributed by atoms with van der Waals surface area (Å²) in [5, 5.41) is 2.45. The van der Waals surface area contributed by atoms with Gasteiger partial charge < -0.3 is 5.32 Å². The fourth-order valence-electron chi connectivity index (χ4n) is 2.66. The largest absolute Gasteiger partial charge is 0.326 e. The zero-order valence-corrected chi connectivity index (χ0v) is 17.8. The first-order chi connectivity index (χ1) is 13.8. The molecule has 2 amide bonds. The monoisotopic (exact) mass is 451 g/mol. The molecule has 0 saturated carbocycles. The van der Waals surface area contributed by atoms with Gasteiger partial charge in [-0.1, -0.05) is 41.6 Å². The average Bonchev–Trinajstić information content (AvgIpc) is 2.96. The molecule has 152 valence electrons. The van der Waals surface area contributed by atoms with Gasteiger partial charge in [-0.25, -0.2) is 0 Å². The normalized spacial score (nSPS) is 18.3. The Morgan fingerprint density at radius 1 is 1.17 bits per heavy atom. The number of carbonyl (C=O) groups excluding carboxylic acids is 2. The topological polar surface area (TPSA) is 95.9 Å². The van der Waals surface area contributed by atoms with Crippen LogP contribution >= 0.6 is 23.4 Å². The van der Waals surface area contributed by atoms with Crippen molar-refractivity contribution >= 4 is 56.1 Å². The number of halogens is 1. The molecule has 1 aliphatic rings. The molecule has 29 heavy (non-hydrogen) atoms. The number of sulfonamides is 1. The number of hydrogen-bond donors (Lipinski definition) is 1. The van der Waals surface area contributed by atoms with Crippen LogP contribution in [0.5, 0.6) is 0 Å². The highest BCUT2D eigenvalue weighted by atomic mass is 35.5. The van der Waals surface area contributed by atoms with Gasteiger partial charge >= 0.3 is 0 Å². The Morgan fingerprint density at radius 3 is 2.45 bits per heavy atom. The summed E-state index contributed by atoms with van der Waals surface area (Å²) in [7, 11) is -4.01. The van der Waals surface area contributed by atoms with Crippen molar-refractivity contribution in [1.82, 2.24) is 4.90 Å². The van der Waals surface area contributed by atoms with Crippen LogP contribution in [0, 0.1) is 0 Å². The predicted octanol–water partition coefficient (Wildman–Crippen LogP) is 3.38. The van der Waals surface area contributed by atoms with Crippen LogP contribution in [0.3, 0.4) is 0 Å². The van der Waals surface area contributed by atoms with Crippen molar-refractivity contribution < 1.29 is 18.0 Å². The van der Waals surface area contributed by atoms with Gasteiger partial charge in [-0.15, -0.1) is 4.40 Å². The average molecular weight is 452 g/mol. The lowest BCUT2D eigenvalue weighted by Crippen LogP contribution is -2.33. The summed E-state index contributed by atoms with van der Waals surface area (Å²) in [4.78, 5) is 26.2. The molecule has 1 aliphatic heterocycles. The van der Waals surface area contributed by atoms with Gasteiger partial charge in [-0.05, 0) is 43.3 Å². The Bertz CT molecular complexity index is 1040. The molecule has 1 atom stereocenters. The highest BCUT2D eigenvalue weighted by Gasteiger charge is 2.39. The Hall–Kier alpha value is -2.36. The highest BCUT2D eigenvalue weighted by molar-refractivity contribution is 8.16. The number of amidine groups is 1. The number of rotatable bonds is 6. The second-order valence-corrected chi connectivity index (χ2v) is 9.32.